The molecule has 0 spiro atoms. The van der Waals surface area contributed by atoms with Gasteiger partial charge in [-0.05, 0) is 25.3 Å². The normalized spacial score (nSPS) is 19.0. The lowest BCUT2D eigenvalue weighted by Gasteiger charge is -2.37. The molecule has 5 nitrogen and oxygen atoms in total. The van der Waals surface area contributed by atoms with E-state index in [0.29, 0.717) is 12.2 Å². The second-order valence-corrected chi connectivity index (χ2v) is 5.10. The van der Waals surface area contributed by atoms with Crippen molar-refractivity contribution in [1.82, 2.24) is 10.2 Å². The van der Waals surface area contributed by atoms with Gasteiger partial charge in [0.1, 0.15) is 6.07 Å². The maximum Gasteiger partial charge on any atom is 0.187 e. The zero-order valence-electron chi connectivity index (χ0n) is 11.3. The predicted octanol–water partition coefficient (Wildman–Crippen LogP) is 1.82. The van der Waals surface area contributed by atoms with Crippen molar-refractivity contribution in [2.75, 3.05) is 18.0 Å². The lowest BCUT2D eigenvalue weighted by atomic mass is 10.00. The molecule has 0 aliphatic carbocycles. The van der Waals surface area contributed by atoms with Gasteiger partial charge in [0.2, 0.25) is 0 Å². The van der Waals surface area contributed by atoms with Crippen LogP contribution >= 0.6 is 0 Å². The number of nitrogens with zero attached hydrogens (tertiary/aromatic N) is 4. The lowest BCUT2D eigenvalue weighted by Crippen LogP contribution is -2.44. The molecule has 20 heavy (non-hydrogen) atoms. The third kappa shape index (κ3) is 2.08. The molecular formula is C15H17N5. The van der Waals surface area contributed by atoms with E-state index < -0.39 is 0 Å². The number of hydrogen-bond donors (Lipinski definition) is 1. The van der Waals surface area contributed by atoms with E-state index in [1.807, 2.05) is 24.3 Å². The summed E-state index contributed by atoms with van der Waals surface area (Å²) in [6.45, 7) is 1.52. The third-order valence-electron chi connectivity index (χ3n) is 3.93. The van der Waals surface area contributed by atoms with Gasteiger partial charge >= 0.3 is 0 Å². The number of nitriles is 1. The monoisotopic (exact) mass is 267 g/mol. The molecule has 2 N–H and O–H groups in total. The molecule has 1 aromatic carbocycles. The Kier molecular flexibility index (Phi) is 3.48. The Hall–Kier alpha value is -2.19. The van der Waals surface area contributed by atoms with Crippen molar-refractivity contribution < 1.29 is 0 Å². The molecule has 102 valence electrons. The van der Waals surface area contributed by atoms with Crippen LogP contribution in [-0.4, -0.2) is 29.3 Å². The van der Waals surface area contributed by atoms with Crippen LogP contribution in [0.25, 0.3) is 10.9 Å². The Bertz CT molecular complexity index is 661. The molecule has 1 unspecified atom stereocenters. The van der Waals surface area contributed by atoms with Gasteiger partial charge in [-0.15, -0.1) is 10.2 Å². The molecule has 1 fully saturated rings. The van der Waals surface area contributed by atoms with E-state index in [1.165, 1.54) is 6.42 Å². The summed E-state index contributed by atoms with van der Waals surface area (Å²) in [4.78, 5) is 2.25. The van der Waals surface area contributed by atoms with Gasteiger partial charge in [0.15, 0.2) is 5.69 Å². The maximum atomic E-state index is 9.36. The standard InChI is InChI=1S/C15H17N5/c16-9-11-5-3-4-8-20(11)15-12-6-1-2-7-13(12)18-19-14(15)10-17/h1-2,6-7,11H,3-5,8-9,16H2. The number of aromatic nitrogens is 2. The molecule has 1 atom stereocenters. The third-order valence-corrected chi connectivity index (χ3v) is 3.93. The first-order valence-electron chi connectivity index (χ1n) is 6.97. The zero-order valence-corrected chi connectivity index (χ0v) is 11.3. The van der Waals surface area contributed by atoms with E-state index in [4.69, 9.17) is 5.73 Å². The first-order chi connectivity index (χ1) is 9.85. The fourth-order valence-electron chi connectivity index (χ4n) is 2.95. The number of rotatable bonds is 2. The van der Waals surface area contributed by atoms with Crippen molar-refractivity contribution in [2.24, 2.45) is 5.73 Å². The summed E-state index contributed by atoms with van der Waals surface area (Å²) in [7, 11) is 0. The van der Waals surface area contributed by atoms with Crippen molar-refractivity contribution >= 4 is 16.6 Å². The first-order valence-corrected chi connectivity index (χ1v) is 6.97. The number of benzene rings is 1. The number of nitrogens with two attached hydrogens (primary N) is 1. The van der Waals surface area contributed by atoms with E-state index >= 15 is 0 Å². The molecule has 2 heterocycles. The summed E-state index contributed by atoms with van der Waals surface area (Å²) in [5.41, 5.74) is 8.02. The van der Waals surface area contributed by atoms with E-state index in [1.54, 1.807) is 0 Å². The minimum absolute atomic E-state index is 0.281. The smallest absolute Gasteiger partial charge is 0.187 e. The summed E-state index contributed by atoms with van der Waals surface area (Å²) < 4.78 is 0. The quantitative estimate of drug-likeness (QED) is 0.897. The number of hydrogen-bond acceptors (Lipinski definition) is 5. The van der Waals surface area contributed by atoms with Gasteiger partial charge in [0.25, 0.3) is 0 Å². The van der Waals surface area contributed by atoms with Gasteiger partial charge in [-0.3, -0.25) is 0 Å². The fraction of sp³-hybridized carbons (Fsp3) is 0.400. The molecule has 3 rings (SSSR count). The summed E-state index contributed by atoms with van der Waals surface area (Å²) in [6, 6.07) is 10.3. The van der Waals surface area contributed by atoms with Crippen LogP contribution in [0.4, 0.5) is 5.69 Å². The first kappa shape index (κ1) is 12.8. The molecule has 0 bridgehead atoms. The van der Waals surface area contributed by atoms with Crippen LogP contribution in [0.3, 0.4) is 0 Å². The van der Waals surface area contributed by atoms with Crippen LogP contribution in [-0.2, 0) is 0 Å². The topological polar surface area (TPSA) is 78.8 Å². The largest absolute Gasteiger partial charge is 0.364 e. The molecule has 1 aromatic heterocycles. The SMILES string of the molecule is N#Cc1nnc2ccccc2c1N1CCCCC1CN. The van der Waals surface area contributed by atoms with Crippen molar-refractivity contribution in [3.63, 3.8) is 0 Å². The summed E-state index contributed by atoms with van der Waals surface area (Å²) >= 11 is 0. The average molecular weight is 267 g/mol. The van der Waals surface area contributed by atoms with Gasteiger partial charge in [-0.25, -0.2) is 0 Å². The van der Waals surface area contributed by atoms with Crippen LogP contribution in [0.2, 0.25) is 0 Å². The van der Waals surface area contributed by atoms with Crippen LogP contribution in [0.15, 0.2) is 24.3 Å². The predicted molar refractivity (Wildman–Crippen MR) is 78.3 cm³/mol. The molecular weight excluding hydrogens is 250 g/mol. The minimum atomic E-state index is 0.281. The number of anilines is 1. The van der Waals surface area contributed by atoms with Crippen LogP contribution in [0.5, 0.6) is 0 Å². The van der Waals surface area contributed by atoms with Crippen LogP contribution in [0, 0.1) is 11.3 Å². The molecule has 0 saturated carbocycles. The number of piperidine rings is 1. The van der Waals surface area contributed by atoms with Crippen molar-refractivity contribution in [3.05, 3.63) is 30.0 Å². The maximum absolute atomic E-state index is 9.36. The zero-order chi connectivity index (χ0) is 13.9. The Morgan fingerprint density at radius 3 is 2.95 bits per heavy atom. The van der Waals surface area contributed by atoms with Crippen molar-refractivity contribution in [2.45, 2.75) is 25.3 Å². The fourth-order valence-corrected chi connectivity index (χ4v) is 2.95. The van der Waals surface area contributed by atoms with Gasteiger partial charge < -0.3 is 10.6 Å². The molecule has 0 radical (unpaired) electrons. The summed E-state index contributed by atoms with van der Waals surface area (Å²) in [5, 5.41) is 18.5. The Morgan fingerprint density at radius 2 is 2.15 bits per heavy atom. The molecule has 1 aliphatic heterocycles. The second kappa shape index (κ2) is 5.43. The van der Waals surface area contributed by atoms with E-state index in [-0.39, 0.29) is 6.04 Å². The highest BCUT2D eigenvalue weighted by Gasteiger charge is 2.26. The highest BCUT2D eigenvalue weighted by molar-refractivity contribution is 5.93. The average Bonchev–Trinajstić information content (AvgIpc) is 2.53. The minimum Gasteiger partial charge on any atom is -0.364 e. The van der Waals surface area contributed by atoms with Crippen LogP contribution in [0.1, 0.15) is 25.0 Å². The highest BCUT2D eigenvalue weighted by atomic mass is 15.2. The lowest BCUT2D eigenvalue weighted by molar-refractivity contribution is 0.465. The van der Waals surface area contributed by atoms with Gasteiger partial charge in [0.05, 0.1) is 11.2 Å². The van der Waals surface area contributed by atoms with Crippen LogP contribution < -0.4 is 10.6 Å². The molecule has 1 saturated heterocycles. The Morgan fingerprint density at radius 1 is 1.30 bits per heavy atom. The van der Waals surface area contributed by atoms with E-state index in [9.17, 15) is 5.26 Å². The molecule has 2 aromatic rings. The Labute approximate surface area is 118 Å². The second-order valence-electron chi connectivity index (χ2n) is 5.10. The summed E-state index contributed by atoms with van der Waals surface area (Å²) in [6.07, 6.45) is 3.38. The molecule has 5 heteroatoms. The van der Waals surface area contributed by atoms with Gasteiger partial charge in [0, 0.05) is 24.5 Å². The highest BCUT2D eigenvalue weighted by Crippen LogP contribution is 2.32. The van der Waals surface area contributed by atoms with Crippen molar-refractivity contribution in [3.8, 4) is 6.07 Å². The van der Waals surface area contributed by atoms with Crippen molar-refractivity contribution in [1.29, 1.82) is 5.26 Å². The number of fused-ring (bicyclic) bond motifs is 1. The Balaban J connectivity index is 2.20. The van der Waals surface area contributed by atoms with E-state index in [2.05, 4.69) is 21.2 Å². The van der Waals surface area contributed by atoms with Gasteiger partial charge in [-0.2, -0.15) is 5.26 Å². The van der Waals surface area contributed by atoms with E-state index in [0.717, 1.165) is 36.0 Å². The molecule has 1 aliphatic rings. The summed E-state index contributed by atoms with van der Waals surface area (Å²) in [5.74, 6) is 0. The molecule has 0 amide bonds. The van der Waals surface area contributed by atoms with Gasteiger partial charge in [-0.1, -0.05) is 18.2 Å².